The molecule has 0 radical (unpaired) electrons. The van der Waals surface area contributed by atoms with Gasteiger partial charge in [0.25, 0.3) is 17.6 Å². The van der Waals surface area contributed by atoms with Gasteiger partial charge in [-0.25, -0.2) is 0 Å². The number of nitrogens with zero attached hydrogens (tertiary/aromatic N) is 1. The molecule has 64 valence electrons. The SMILES string of the molecule is CN(C)/C=C1/C(=O)NC(=O)C1=O. The van der Waals surface area contributed by atoms with E-state index in [1.54, 1.807) is 14.1 Å². The summed E-state index contributed by atoms with van der Waals surface area (Å²) in [7, 11) is 3.33. The third-order valence-corrected chi connectivity index (χ3v) is 1.31. The molecular formula is C7H8N2O3. The second kappa shape index (κ2) is 2.77. The molecule has 0 aromatic carbocycles. The predicted molar refractivity (Wildman–Crippen MR) is 39.9 cm³/mol. The number of amides is 2. The zero-order valence-electron chi connectivity index (χ0n) is 6.75. The second-order valence-electron chi connectivity index (χ2n) is 2.62. The van der Waals surface area contributed by atoms with E-state index < -0.39 is 17.6 Å². The van der Waals surface area contributed by atoms with Crippen LogP contribution in [0.4, 0.5) is 0 Å². The lowest BCUT2D eigenvalue weighted by atomic mass is 10.2. The molecule has 0 atom stereocenters. The van der Waals surface area contributed by atoms with Crippen LogP contribution in [0.25, 0.3) is 0 Å². The topological polar surface area (TPSA) is 66.5 Å². The fourth-order valence-corrected chi connectivity index (χ4v) is 0.828. The molecular weight excluding hydrogens is 160 g/mol. The number of carbonyl (C=O) groups excluding carboxylic acids is 3. The van der Waals surface area contributed by atoms with Gasteiger partial charge in [-0.05, 0) is 0 Å². The summed E-state index contributed by atoms with van der Waals surface area (Å²) >= 11 is 0. The highest BCUT2D eigenvalue weighted by Gasteiger charge is 2.34. The van der Waals surface area contributed by atoms with E-state index >= 15 is 0 Å². The number of imide groups is 1. The molecule has 5 heteroatoms. The van der Waals surface area contributed by atoms with E-state index in [2.05, 4.69) is 0 Å². The van der Waals surface area contributed by atoms with Gasteiger partial charge in [0.05, 0.1) is 0 Å². The maximum Gasteiger partial charge on any atom is 0.299 e. The van der Waals surface area contributed by atoms with Crippen LogP contribution in [0.2, 0.25) is 0 Å². The molecule has 5 nitrogen and oxygen atoms in total. The number of hydrogen-bond donors (Lipinski definition) is 1. The largest absolute Gasteiger partial charge is 0.383 e. The van der Waals surface area contributed by atoms with Gasteiger partial charge >= 0.3 is 0 Å². The van der Waals surface area contributed by atoms with Gasteiger partial charge in [-0.2, -0.15) is 0 Å². The van der Waals surface area contributed by atoms with Crippen molar-refractivity contribution in [2.24, 2.45) is 0 Å². The Balaban J connectivity index is 2.99. The fourth-order valence-electron chi connectivity index (χ4n) is 0.828. The van der Waals surface area contributed by atoms with Gasteiger partial charge in [0.2, 0.25) is 0 Å². The fraction of sp³-hybridized carbons (Fsp3) is 0.286. The molecule has 0 aromatic heterocycles. The Bertz CT molecular complexity index is 291. The Labute approximate surface area is 69.0 Å². The summed E-state index contributed by atoms with van der Waals surface area (Å²) in [5.41, 5.74) is -0.106. The van der Waals surface area contributed by atoms with Crippen molar-refractivity contribution < 1.29 is 14.4 Å². The van der Waals surface area contributed by atoms with Crippen LogP contribution in [0.5, 0.6) is 0 Å². The van der Waals surface area contributed by atoms with E-state index in [-0.39, 0.29) is 5.57 Å². The number of nitrogens with one attached hydrogen (secondary N) is 1. The third kappa shape index (κ3) is 1.34. The zero-order chi connectivity index (χ0) is 9.30. The summed E-state index contributed by atoms with van der Waals surface area (Å²) in [6.07, 6.45) is 1.32. The Hall–Kier alpha value is -1.65. The lowest BCUT2D eigenvalue weighted by Crippen LogP contribution is -2.21. The van der Waals surface area contributed by atoms with Crippen molar-refractivity contribution >= 4 is 17.6 Å². The molecule has 1 fully saturated rings. The summed E-state index contributed by atoms with van der Waals surface area (Å²) in [6, 6.07) is 0. The first-order valence-corrected chi connectivity index (χ1v) is 3.30. The van der Waals surface area contributed by atoms with Crippen LogP contribution in [0.3, 0.4) is 0 Å². The minimum Gasteiger partial charge on any atom is -0.383 e. The van der Waals surface area contributed by atoms with Crippen LogP contribution >= 0.6 is 0 Å². The quantitative estimate of drug-likeness (QED) is 0.228. The number of Topliss-reactive ketones (excluding diaryl/α,β-unsaturated/α-hetero) is 1. The normalized spacial score (nSPS) is 20.2. The summed E-state index contributed by atoms with van der Waals surface area (Å²) in [4.78, 5) is 34.0. The minimum absolute atomic E-state index is 0.106. The zero-order valence-corrected chi connectivity index (χ0v) is 6.75. The molecule has 0 spiro atoms. The summed E-state index contributed by atoms with van der Waals surface area (Å²) in [6.45, 7) is 0. The minimum atomic E-state index is -0.854. The maximum atomic E-state index is 10.9. The Morgan fingerprint density at radius 3 is 2.08 bits per heavy atom. The highest BCUT2D eigenvalue weighted by atomic mass is 16.2. The summed E-state index contributed by atoms with van der Waals surface area (Å²) in [5.74, 6) is -2.25. The Kier molecular flexibility index (Phi) is 1.95. The number of rotatable bonds is 1. The van der Waals surface area contributed by atoms with E-state index in [1.165, 1.54) is 11.1 Å². The van der Waals surface area contributed by atoms with E-state index in [9.17, 15) is 14.4 Å². The molecule has 0 aliphatic carbocycles. The van der Waals surface area contributed by atoms with Crippen molar-refractivity contribution in [1.82, 2.24) is 10.2 Å². The Morgan fingerprint density at radius 2 is 1.75 bits per heavy atom. The first kappa shape index (κ1) is 8.45. The number of hydrogen-bond acceptors (Lipinski definition) is 4. The van der Waals surface area contributed by atoms with Gasteiger partial charge in [0, 0.05) is 20.3 Å². The van der Waals surface area contributed by atoms with E-state index in [1.807, 2.05) is 5.32 Å². The van der Waals surface area contributed by atoms with E-state index in [0.717, 1.165) is 0 Å². The molecule has 1 rings (SSSR count). The average Bonchev–Trinajstić information content (AvgIpc) is 2.16. The monoisotopic (exact) mass is 168 g/mol. The third-order valence-electron chi connectivity index (χ3n) is 1.31. The van der Waals surface area contributed by atoms with Crippen molar-refractivity contribution in [1.29, 1.82) is 0 Å². The standard InChI is InChI=1S/C7H8N2O3/c1-9(2)3-4-5(10)7(12)8-6(4)11/h3H,1-2H3,(H,8,11,12)/b4-3+. The van der Waals surface area contributed by atoms with Gasteiger partial charge in [0.15, 0.2) is 0 Å². The molecule has 1 aliphatic heterocycles. The van der Waals surface area contributed by atoms with Crippen molar-refractivity contribution in [2.45, 2.75) is 0 Å². The molecule has 0 saturated carbocycles. The molecule has 1 aliphatic rings. The van der Waals surface area contributed by atoms with Gasteiger partial charge in [-0.15, -0.1) is 0 Å². The van der Waals surface area contributed by atoms with E-state index in [4.69, 9.17) is 0 Å². The van der Waals surface area contributed by atoms with Crippen LogP contribution in [-0.2, 0) is 14.4 Å². The Morgan fingerprint density at radius 1 is 1.17 bits per heavy atom. The van der Waals surface area contributed by atoms with Crippen LogP contribution in [0.15, 0.2) is 11.8 Å². The van der Waals surface area contributed by atoms with Crippen molar-refractivity contribution in [2.75, 3.05) is 14.1 Å². The van der Waals surface area contributed by atoms with Crippen LogP contribution in [0, 0.1) is 0 Å². The smallest absolute Gasteiger partial charge is 0.299 e. The molecule has 12 heavy (non-hydrogen) atoms. The van der Waals surface area contributed by atoms with E-state index in [0.29, 0.717) is 0 Å². The van der Waals surface area contributed by atoms with Crippen molar-refractivity contribution in [3.63, 3.8) is 0 Å². The maximum absolute atomic E-state index is 10.9. The summed E-state index contributed by atoms with van der Waals surface area (Å²) in [5, 5.41) is 1.90. The van der Waals surface area contributed by atoms with Gasteiger partial charge in [-0.3, -0.25) is 19.7 Å². The van der Waals surface area contributed by atoms with Crippen LogP contribution in [-0.4, -0.2) is 36.6 Å². The molecule has 2 amide bonds. The molecule has 0 bridgehead atoms. The molecule has 1 saturated heterocycles. The molecule has 1 N–H and O–H groups in total. The summed E-state index contributed by atoms with van der Waals surface area (Å²) < 4.78 is 0. The van der Waals surface area contributed by atoms with Gasteiger partial charge in [-0.1, -0.05) is 0 Å². The first-order valence-electron chi connectivity index (χ1n) is 3.30. The number of ketones is 1. The lowest BCUT2D eigenvalue weighted by Gasteiger charge is -2.03. The number of carbonyl (C=O) groups is 3. The second-order valence-corrected chi connectivity index (χ2v) is 2.62. The average molecular weight is 168 g/mol. The highest BCUT2D eigenvalue weighted by Crippen LogP contribution is 2.04. The highest BCUT2D eigenvalue weighted by molar-refractivity contribution is 6.56. The van der Waals surface area contributed by atoms with Gasteiger partial charge < -0.3 is 4.90 Å². The van der Waals surface area contributed by atoms with Crippen molar-refractivity contribution in [3.8, 4) is 0 Å². The van der Waals surface area contributed by atoms with Crippen LogP contribution in [0.1, 0.15) is 0 Å². The van der Waals surface area contributed by atoms with Crippen LogP contribution < -0.4 is 5.32 Å². The molecule has 0 aromatic rings. The molecule has 1 heterocycles. The lowest BCUT2D eigenvalue weighted by molar-refractivity contribution is -0.134. The molecule has 0 unspecified atom stereocenters. The van der Waals surface area contributed by atoms with Crippen molar-refractivity contribution in [3.05, 3.63) is 11.8 Å². The first-order chi connectivity index (χ1) is 5.52. The van der Waals surface area contributed by atoms with Gasteiger partial charge in [0.1, 0.15) is 5.57 Å². The predicted octanol–water partition coefficient (Wildman–Crippen LogP) is -1.34.